The van der Waals surface area contributed by atoms with Gasteiger partial charge in [0.05, 0.1) is 24.2 Å². The minimum absolute atomic E-state index is 0.511. The van der Waals surface area contributed by atoms with Crippen LogP contribution in [-0.2, 0) is 0 Å². The van der Waals surface area contributed by atoms with Crippen molar-refractivity contribution in [2.24, 2.45) is 0 Å². The van der Waals surface area contributed by atoms with Gasteiger partial charge in [-0.05, 0) is 23.8 Å². The number of ether oxygens (including phenoxy) is 1. The molecule has 0 atom stereocenters. The Morgan fingerprint density at radius 2 is 2.09 bits per heavy atom. The lowest BCUT2D eigenvalue weighted by molar-refractivity contribution is 0.403. The fraction of sp³-hybridized carbons (Fsp3) is 0.125. The Labute approximate surface area is 131 Å². The number of nitrogens with zero attached hydrogens (tertiary/aromatic N) is 4. The summed E-state index contributed by atoms with van der Waals surface area (Å²) in [5.41, 5.74) is 3.61. The molecule has 0 aliphatic rings. The van der Waals surface area contributed by atoms with Crippen LogP contribution >= 0.6 is 0 Å². The quantitative estimate of drug-likeness (QED) is 0.605. The van der Waals surface area contributed by atoms with Crippen molar-refractivity contribution in [3.63, 3.8) is 0 Å². The number of anilines is 1. The van der Waals surface area contributed by atoms with Crippen molar-refractivity contribution in [3.05, 3.63) is 36.7 Å². The number of fused-ring (bicyclic) bond motifs is 2. The van der Waals surface area contributed by atoms with Crippen LogP contribution < -0.4 is 10.1 Å². The van der Waals surface area contributed by atoms with Crippen LogP contribution in [0.3, 0.4) is 0 Å². The first-order valence-electron chi connectivity index (χ1n) is 7.13. The van der Waals surface area contributed by atoms with E-state index < -0.39 is 0 Å². The highest BCUT2D eigenvalue weighted by Crippen LogP contribution is 2.35. The highest BCUT2D eigenvalue weighted by atomic mass is 16.5. The minimum Gasteiger partial charge on any atom is -0.480 e. The molecule has 1 aromatic carbocycles. The highest BCUT2D eigenvalue weighted by molar-refractivity contribution is 5.99. The second kappa shape index (κ2) is 5.20. The third kappa shape index (κ3) is 2.13. The number of aromatic nitrogens is 5. The summed E-state index contributed by atoms with van der Waals surface area (Å²) in [6.45, 7) is 0. The van der Waals surface area contributed by atoms with Crippen molar-refractivity contribution in [1.29, 1.82) is 0 Å². The lowest BCUT2D eigenvalue weighted by Gasteiger charge is -2.06. The largest absolute Gasteiger partial charge is 0.480 e. The van der Waals surface area contributed by atoms with Gasteiger partial charge in [-0.2, -0.15) is 20.2 Å². The predicted octanol–water partition coefficient (Wildman–Crippen LogP) is 2.62. The number of aromatic amines is 1. The molecule has 3 heterocycles. The van der Waals surface area contributed by atoms with Crippen LogP contribution in [0.15, 0.2) is 36.7 Å². The number of methoxy groups -OCH3 is 1. The maximum atomic E-state index is 5.44. The van der Waals surface area contributed by atoms with E-state index in [2.05, 4.69) is 36.5 Å². The van der Waals surface area contributed by atoms with Crippen LogP contribution in [0, 0.1) is 0 Å². The van der Waals surface area contributed by atoms with E-state index in [1.165, 1.54) is 0 Å². The van der Waals surface area contributed by atoms with E-state index in [4.69, 9.17) is 4.74 Å². The molecule has 0 radical (unpaired) electrons. The molecule has 7 nitrogen and oxygen atoms in total. The van der Waals surface area contributed by atoms with E-state index in [0.717, 1.165) is 33.1 Å². The van der Waals surface area contributed by atoms with Gasteiger partial charge in [0.1, 0.15) is 5.65 Å². The molecule has 0 aliphatic carbocycles. The zero-order valence-corrected chi connectivity index (χ0v) is 12.7. The number of hydrogen-bond acceptors (Lipinski definition) is 6. The minimum atomic E-state index is 0.511. The van der Waals surface area contributed by atoms with Crippen LogP contribution in [0.1, 0.15) is 0 Å². The molecule has 0 unspecified atom stereocenters. The monoisotopic (exact) mass is 306 g/mol. The van der Waals surface area contributed by atoms with E-state index >= 15 is 0 Å². The summed E-state index contributed by atoms with van der Waals surface area (Å²) in [7, 11) is 3.38. The summed E-state index contributed by atoms with van der Waals surface area (Å²) in [4.78, 5) is 12.0. The fourth-order valence-corrected chi connectivity index (χ4v) is 2.64. The summed E-state index contributed by atoms with van der Waals surface area (Å²) >= 11 is 0. The molecule has 0 spiro atoms. The molecule has 0 bridgehead atoms. The van der Waals surface area contributed by atoms with Crippen molar-refractivity contribution in [3.8, 4) is 17.0 Å². The normalized spacial score (nSPS) is 11.0. The van der Waals surface area contributed by atoms with Crippen LogP contribution in [-0.4, -0.2) is 39.3 Å². The van der Waals surface area contributed by atoms with Crippen LogP contribution in [0.25, 0.3) is 33.1 Å². The molecule has 4 rings (SSSR count). The van der Waals surface area contributed by atoms with Gasteiger partial charge >= 0.3 is 0 Å². The van der Waals surface area contributed by atoms with Crippen molar-refractivity contribution in [2.45, 2.75) is 0 Å². The van der Waals surface area contributed by atoms with Gasteiger partial charge < -0.3 is 15.0 Å². The average Bonchev–Trinajstić information content (AvgIpc) is 3.04. The topological polar surface area (TPSA) is 88.6 Å². The van der Waals surface area contributed by atoms with Crippen molar-refractivity contribution in [1.82, 2.24) is 25.1 Å². The molecule has 23 heavy (non-hydrogen) atoms. The first-order valence-corrected chi connectivity index (χ1v) is 7.13. The summed E-state index contributed by atoms with van der Waals surface area (Å²) < 4.78 is 5.44. The molecule has 2 N–H and O–H groups in total. The third-order valence-electron chi connectivity index (χ3n) is 3.74. The highest BCUT2D eigenvalue weighted by Gasteiger charge is 2.15. The molecule has 7 heteroatoms. The van der Waals surface area contributed by atoms with E-state index in [1.807, 2.05) is 24.4 Å². The molecular weight excluding hydrogens is 292 g/mol. The van der Waals surface area contributed by atoms with Gasteiger partial charge in [-0.25, -0.2) is 0 Å². The predicted molar refractivity (Wildman–Crippen MR) is 88.5 cm³/mol. The maximum Gasteiger partial charge on any atom is 0.228 e. The molecule has 3 aromatic heterocycles. The summed E-state index contributed by atoms with van der Waals surface area (Å²) in [6, 6.07) is 7.96. The van der Waals surface area contributed by atoms with Gasteiger partial charge in [-0.3, -0.25) is 0 Å². The number of rotatable bonds is 3. The number of benzene rings is 1. The van der Waals surface area contributed by atoms with Gasteiger partial charge in [0.15, 0.2) is 0 Å². The standard InChI is InChI=1S/C16H14N6O/c1-17-16-20-14-13(15(21-16)23-2)11(8-18-14)9-3-4-12-10(7-9)5-6-19-22-12/h3-8H,1-2H3,(H2,17,18,20,21). The maximum absolute atomic E-state index is 5.44. The fourth-order valence-electron chi connectivity index (χ4n) is 2.64. The van der Waals surface area contributed by atoms with Gasteiger partial charge in [0.2, 0.25) is 11.8 Å². The van der Waals surface area contributed by atoms with E-state index in [-0.39, 0.29) is 0 Å². The second-order valence-electron chi connectivity index (χ2n) is 5.04. The Hall–Kier alpha value is -3.22. The summed E-state index contributed by atoms with van der Waals surface area (Å²) in [6.07, 6.45) is 3.60. The lowest BCUT2D eigenvalue weighted by atomic mass is 10.0. The number of H-pyrrole nitrogens is 1. The second-order valence-corrected chi connectivity index (χ2v) is 5.04. The van der Waals surface area contributed by atoms with Crippen molar-refractivity contribution >= 4 is 27.9 Å². The van der Waals surface area contributed by atoms with Crippen molar-refractivity contribution < 1.29 is 4.74 Å². The Balaban J connectivity index is 1.97. The molecule has 0 amide bonds. The zero-order valence-electron chi connectivity index (χ0n) is 12.7. The van der Waals surface area contributed by atoms with E-state index in [0.29, 0.717) is 11.8 Å². The Morgan fingerprint density at radius 1 is 1.17 bits per heavy atom. The number of nitrogens with one attached hydrogen (secondary N) is 2. The SMILES string of the molecule is CNc1nc(OC)c2c(-c3ccc4nnccc4c3)c[nH]c2n1. The molecular formula is C16H14N6O. The van der Waals surface area contributed by atoms with Crippen molar-refractivity contribution in [2.75, 3.05) is 19.5 Å². The number of hydrogen-bond donors (Lipinski definition) is 2. The molecule has 0 fully saturated rings. The van der Waals surface area contributed by atoms with Crippen LogP contribution in [0.5, 0.6) is 5.88 Å². The smallest absolute Gasteiger partial charge is 0.228 e. The van der Waals surface area contributed by atoms with E-state index in [9.17, 15) is 0 Å². The molecule has 0 saturated carbocycles. The lowest BCUT2D eigenvalue weighted by Crippen LogP contribution is -1.99. The zero-order chi connectivity index (χ0) is 15.8. The van der Waals surface area contributed by atoms with Crippen LogP contribution in [0.4, 0.5) is 5.95 Å². The summed E-state index contributed by atoms with van der Waals surface area (Å²) in [5.74, 6) is 1.04. The summed E-state index contributed by atoms with van der Waals surface area (Å²) in [5, 5.41) is 12.8. The molecule has 114 valence electrons. The van der Waals surface area contributed by atoms with Crippen LogP contribution in [0.2, 0.25) is 0 Å². The molecule has 0 saturated heterocycles. The van der Waals surface area contributed by atoms with Gasteiger partial charge in [0, 0.05) is 24.2 Å². The first kappa shape index (κ1) is 13.4. The Kier molecular flexibility index (Phi) is 3.04. The third-order valence-corrected chi connectivity index (χ3v) is 3.74. The van der Waals surface area contributed by atoms with Gasteiger partial charge in [-0.1, -0.05) is 6.07 Å². The first-order chi connectivity index (χ1) is 11.3. The Morgan fingerprint density at radius 3 is 2.91 bits per heavy atom. The van der Waals surface area contributed by atoms with E-state index in [1.54, 1.807) is 20.4 Å². The Bertz CT molecular complexity index is 1010. The van der Waals surface area contributed by atoms with Gasteiger partial charge in [0.25, 0.3) is 0 Å². The van der Waals surface area contributed by atoms with Gasteiger partial charge in [-0.15, -0.1) is 0 Å². The molecule has 0 aliphatic heterocycles. The molecule has 4 aromatic rings. The average molecular weight is 306 g/mol.